The molecule has 1 unspecified atom stereocenters. The lowest BCUT2D eigenvalue weighted by molar-refractivity contribution is -0.147. The molecule has 1 aliphatic rings. The van der Waals surface area contributed by atoms with Crippen LogP contribution in [-0.4, -0.2) is 28.9 Å². The molecule has 3 N–H and O–H groups in total. The van der Waals surface area contributed by atoms with Crippen molar-refractivity contribution in [2.75, 3.05) is 0 Å². The van der Waals surface area contributed by atoms with Gasteiger partial charge in [0.05, 0.1) is 11.8 Å². The van der Waals surface area contributed by atoms with Gasteiger partial charge in [0.1, 0.15) is 6.04 Å². The number of aliphatic carboxylic acids is 1. The Bertz CT molecular complexity index is 657. The third kappa shape index (κ3) is 4.81. The van der Waals surface area contributed by atoms with Gasteiger partial charge >= 0.3 is 5.97 Å². The predicted octanol–water partition coefficient (Wildman–Crippen LogP) is 1.73. The first-order chi connectivity index (χ1) is 11.8. The average molecular weight is 346 g/mol. The van der Waals surface area contributed by atoms with Crippen LogP contribution in [0.25, 0.3) is 0 Å². The van der Waals surface area contributed by atoms with Gasteiger partial charge in [0.2, 0.25) is 11.8 Å². The minimum Gasteiger partial charge on any atom is -0.481 e. The second-order valence-corrected chi connectivity index (χ2v) is 7.11. The molecule has 136 valence electrons. The van der Waals surface area contributed by atoms with Crippen LogP contribution < -0.4 is 10.6 Å². The van der Waals surface area contributed by atoms with Gasteiger partial charge in [0, 0.05) is 13.0 Å². The molecule has 1 aliphatic heterocycles. The monoisotopic (exact) mass is 346 g/mol. The Morgan fingerprint density at radius 3 is 2.48 bits per heavy atom. The number of hydrogen-bond donors (Lipinski definition) is 3. The van der Waals surface area contributed by atoms with Crippen molar-refractivity contribution in [1.29, 1.82) is 0 Å². The Hall–Kier alpha value is -2.37. The van der Waals surface area contributed by atoms with E-state index in [2.05, 4.69) is 10.6 Å². The van der Waals surface area contributed by atoms with E-state index < -0.39 is 23.8 Å². The number of rotatable bonds is 6. The minimum atomic E-state index is -1.00. The van der Waals surface area contributed by atoms with E-state index in [4.69, 9.17) is 0 Å². The largest absolute Gasteiger partial charge is 0.481 e. The molecule has 0 bridgehead atoms. The predicted molar refractivity (Wildman–Crippen MR) is 93.7 cm³/mol. The van der Waals surface area contributed by atoms with Crippen molar-refractivity contribution in [3.05, 3.63) is 35.4 Å². The van der Waals surface area contributed by atoms with Crippen molar-refractivity contribution in [3.63, 3.8) is 0 Å². The van der Waals surface area contributed by atoms with Crippen LogP contribution in [0.5, 0.6) is 0 Å². The minimum absolute atomic E-state index is 0.182. The molecule has 0 saturated carbocycles. The SMILES string of the molecule is CC(C)C[C@@H](C(=O)N[C@H]1Cc2ccccc2CNC1=O)C(C)C(=O)O. The Kier molecular flexibility index (Phi) is 6.17. The summed E-state index contributed by atoms with van der Waals surface area (Å²) < 4.78 is 0. The maximum Gasteiger partial charge on any atom is 0.307 e. The fourth-order valence-corrected chi connectivity index (χ4v) is 3.16. The van der Waals surface area contributed by atoms with Crippen molar-refractivity contribution < 1.29 is 19.5 Å². The maximum atomic E-state index is 12.7. The van der Waals surface area contributed by atoms with Gasteiger partial charge in [-0.3, -0.25) is 14.4 Å². The Balaban J connectivity index is 2.15. The average Bonchev–Trinajstić information content (AvgIpc) is 2.71. The van der Waals surface area contributed by atoms with E-state index in [1.807, 2.05) is 38.1 Å². The molecule has 6 heteroatoms. The summed E-state index contributed by atoms with van der Waals surface area (Å²) >= 11 is 0. The zero-order valence-electron chi connectivity index (χ0n) is 14.9. The van der Waals surface area contributed by atoms with Crippen LogP contribution in [0.2, 0.25) is 0 Å². The Morgan fingerprint density at radius 1 is 1.24 bits per heavy atom. The topological polar surface area (TPSA) is 95.5 Å². The zero-order valence-corrected chi connectivity index (χ0v) is 14.9. The summed E-state index contributed by atoms with van der Waals surface area (Å²) in [5.74, 6) is -2.90. The van der Waals surface area contributed by atoms with Crippen molar-refractivity contribution in [1.82, 2.24) is 10.6 Å². The third-order valence-electron chi connectivity index (χ3n) is 4.68. The summed E-state index contributed by atoms with van der Waals surface area (Å²) in [6, 6.07) is 7.03. The van der Waals surface area contributed by atoms with Crippen LogP contribution in [0.4, 0.5) is 0 Å². The summed E-state index contributed by atoms with van der Waals surface area (Å²) in [7, 11) is 0. The standard InChI is InChI=1S/C19H26N2O4/c1-11(2)8-15(12(3)19(24)25)17(22)21-16-9-13-6-4-5-7-14(13)10-20-18(16)23/h4-7,11-12,15-16H,8-10H2,1-3H3,(H,20,23)(H,21,22)(H,24,25)/t12?,15-,16+/m1/s1. The molecular weight excluding hydrogens is 320 g/mol. The molecule has 6 nitrogen and oxygen atoms in total. The zero-order chi connectivity index (χ0) is 18.6. The van der Waals surface area contributed by atoms with E-state index in [-0.39, 0.29) is 17.7 Å². The first-order valence-corrected chi connectivity index (χ1v) is 8.67. The van der Waals surface area contributed by atoms with Crippen LogP contribution in [0.3, 0.4) is 0 Å². The van der Waals surface area contributed by atoms with Crippen LogP contribution >= 0.6 is 0 Å². The van der Waals surface area contributed by atoms with E-state index in [1.54, 1.807) is 0 Å². The van der Waals surface area contributed by atoms with E-state index in [9.17, 15) is 19.5 Å². The first-order valence-electron chi connectivity index (χ1n) is 8.67. The number of benzene rings is 1. The van der Waals surface area contributed by atoms with Gasteiger partial charge in [-0.2, -0.15) is 0 Å². The molecule has 3 atom stereocenters. The van der Waals surface area contributed by atoms with Crippen LogP contribution in [0.1, 0.15) is 38.3 Å². The number of carbonyl (C=O) groups is 3. The van der Waals surface area contributed by atoms with Crippen LogP contribution in [0, 0.1) is 17.8 Å². The van der Waals surface area contributed by atoms with Crippen molar-refractivity contribution in [3.8, 4) is 0 Å². The maximum absolute atomic E-state index is 12.7. The fraction of sp³-hybridized carbons (Fsp3) is 0.526. The Morgan fingerprint density at radius 2 is 1.88 bits per heavy atom. The van der Waals surface area contributed by atoms with Crippen molar-refractivity contribution >= 4 is 17.8 Å². The van der Waals surface area contributed by atoms with E-state index in [1.165, 1.54) is 6.92 Å². The normalized spacial score (nSPS) is 19.4. The number of carboxylic acids is 1. The van der Waals surface area contributed by atoms with Gasteiger partial charge in [-0.25, -0.2) is 0 Å². The van der Waals surface area contributed by atoms with Gasteiger partial charge in [-0.15, -0.1) is 0 Å². The number of nitrogens with one attached hydrogen (secondary N) is 2. The third-order valence-corrected chi connectivity index (χ3v) is 4.68. The second kappa shape index (κ2) is 8.14. The van der Waals surface area contributed by atoms with Gasteiger partial charge in [0.15, 0.2) is 0 Å². The second-order valence-electron chi connectivity index (χ2n) is 7.11. The molecule has 1 aromatic carbocycles. The molecule has 0 aliphatic carbocycles. The highest BCUT2D eigenvalue weighted by Gasteiger charge is 2.33. The number of hydrogen-bond acceptors (Lipinski definition) is 3. The summed E-state index contributed by atoms with van der Waals surface area (Å²) in [4.78, 5) is 36.4. The molecule has 0 spiro atoms. The van der Waals surface area contributed by atoms with E-state index in [0.29, 0.717) is 19.4 Å². The number of fused-ring (bicyclic) bond motifs is 1. The Labute approximate surface area is 148 Å². The summed E-state index contributed by atoms with van der Waals surface area (Å²) in [6.07, 6.45) is 0.869. The van der Waals surface area contributed by atoms with Gasteiger partial charge < -0.3 is 15.7 Å². The lowest BCUT2D eigenvalue weighted by Gasteiger charge is -2.24. The molecule has 0 radical (unpaired) electrons. The molecule has 0 fully saturated rings. The van der Waals surface area contributed by atoms with Crippen molar-refractivity contribution in [2.24, 2.45) is 17.8 Å². The quantitative estimate of drug-likeness (QED) is 0.731. The van der Waals surface area contributed by atoms with E-state index in [0.717, 1.165) is 11.1 Å². The summed E-state index contributed by atoms with van der Waals surface area (Å²) in [6.45, 7) is 5.87. The van der Waals surface area contributed by atoms with Gasteiger partial charge in [0.25, 0.3) is 0 Å². The number of carboxylic acid groups (broad SMARTS) is 1. The highest BCUT2D eigenvalue weighted by atomic mass is 16.4. The smallest absolute Gasteiger partial charge is 0.307 e. The van der Waals surface area contributed by atoms with Gasteiger partial charge in [-0.05, 0) is 23.5 Å². The molecule has 0 aromatic heterocycles. The lowest BCUT2D eigenvalue weighted by atomic mass is 9.85. The highest BCUT2D eigenvalue weighted by molar-refractivity contribution is 5.90. The molecule has 2 rings (SSSR count). The van der Waals surface area contributed by atoms with Crippen LogP contribution in [0.15, 0.2) is 24.3 Å². The van der Waals surface area contributed by atoms with Crippen LogP contribution in [-0.2, 0) is 27.3 Å². The summed E-state index contributed by atoms with van der Waals surface area (Å²) in [5.41, 5.74) is 2.04. The molecule has 1 heterocycles. The van der Waals surface area contributed by atoms with Crippen molar-refractivity contribution in [2.45, 2.75) is 46.2 Å². The first kappa shape index (κ1) is 19.0. The number of amides is 2. The number of carbonyl (C=O) groups excluding carboxylic acids is 2. The molecule has 1 aromatic rings. The van der Waals surface area contributed by atoms with Gasteiger partial charge in [-0.1, -0.05) is 45.0 Å². The molecule has 0 saturated heterocycles. The molecular formula is C19H26N2O4. The van der Waals surface area contributed by atoms with E-state index >= 15 is 0 Å². The highest BCUT2D eigenvalue weighted by Crippen LogP contribution is 2.22. The molecule has 25 heavy (non-hydrogen) atoms. The molecule has 2 amide bonds. The summed E-state index contributed by atoms with van der Waals surface area (Å²) in [5, 5.41) is 14.9. The lowest BCUT2D eigenvalue weighted by Crippen LogP contribution is -2.49. The fourth-order valence-electron chi connectivity index (χ4n) is 3.16.